The number of aromatic nitrogens is 2. The summed E-state index contributed by atoms with van der Waals surface area (Å²) in [4.78, 5) is 21.9. The molecule has 0 aliphatic carbocycles. The van der Waals surface area contributed by atoms with E-state index in [1.807, 2.05) is 12.1 Å². The Morgan fingerprint density at radius 3 is 3.22 bits per heavy atom. The van der Waals surface area contributed by atoms with E-state index in [0.29, 0.717) is 18.0 Å². The molecule has 23 heavy (non-hydrogen) atoms. The van der Waals surface area contributed by atoms with Crippen LogP contribution in [0.4, 0.5) is 0 Å². The van der Waals surface area contributed by atoms with Crippen LogP contribution in [0.2, 0.25) is 0 Å². The third-order valence-electron chi connectivity index (χ3n) is 4.02. The van der Waals surface area contributed by atoms with Crippen LogP contribution in [0.5, 0.6) is 0 Å². The second-order valence-electron chi connectivity index (χ2n) is 6.49. The van der Waals surface area contributed by atoms with E-state index >= 15 is 0 Å². The van der Waals surface area contributed by atoms with Crippen molar-refractivity contribution in [2.75, 3.05) is 32.8 Å². The van der Waals surface area contributed by atoms with Crippen LogP contribution in [-0.4, -0.2) is 59.7 Å². The minimum atomic E-state index is -0.0777. The molecule has 2 heterocycles. The Bertz CT molecular complexity index is 667. The number of aromatic amines is 1. The van der Waals surface area contributed by atoms with Crippen LogP contribution in [0.1, 0.15) is 24.2 Å². The van der Waals surface area contributed by atoms with E-state index in [-0.39, 0.29) is 12.0 Å². The highest BCUT2D eigenvalue weighted by molar-refractivity contribution is 5.97. The molecule has 124 valence electrons. The van der Waals surface area contributed by atoms with E-state index in [0.717, 1.165) is 37.3 Å². The summed E-state index contributed by atoms with van der Waals surface area (Å²) in [5, 5.41) is 2.97. The fraction of sp³-hybridized carbons (Fsp3) is 0.529. The summed E-state index contributed by atoms with van der Waals surface area (Å²) in [5.74, 6) is 0.565. The van der Waals surface area contributed by atoms with Gasteiger partial charge >= 0.3 is 0 Å². The predicted octanol–water partition coefficient (Wildman–Crippen LogP) is 1.65. The number of carbonyl (C=O) groups excluding carboxylic acids is 1. The van der Waals surface area contributed by atoms with Crippen molar-refractivity contribution in [3.8, 4) is 0 Å². The van der Waals surface area contributed by atoms with Gasteiger partial charge in [0.1, 0.15) is 0 Å². The molecule has 0 spiro atoms. The number of fused-ring (bicyclic) bond motifs is 1. The number of imidazole rings is 1. The number of nitrogens with zero attached hydrogens (tertiary/aromatic N) is 2. The minimum absolute atomic E-state index is 0.0577. The van der Waals surface area contributed by atoms with Crippen molar-refractivity contribution in [2.24, 2.45) is 5.92 Å². The van der Waals surface area contributed by atoms with Gasteiger partial charge in [-0.05, 0) is 24.1 Å². The fourth-order valence-electron chi connectivity index (χ4n) is 2.97. The highest BCUT2D eigenvalue weighted by atomic mass is 16.5. The average molecular weight is 316 g/mol. The SMILES string of the molecule is CC(C)CN1CCOC(CNC(=O)c2ccc3nc[nH]c3c2)C1. The smallest absolute Gasteiger partial charge is 0.251 e. The fourth-order valence-corrected chi connectivity index (χ4v) is 2.97. The number of benzene rings is 1. The van der Waals surface area contributed by atoms with Crippen molar-refractivity contribution >= 4 is 16.9 Å². The van der Waals surface area contributed by atoms with Gasteiger partial charge in [0.05, 0.1) is 30.1 Å². The predicted molar refractivity (Wildman–Crippen MR) is 89.4 cm³/mol. The third-order valence-corrected chi connectivity index (χ3v) is 4.02. The molecule has 1 fully saturated rings. The van der Waals surface area contributed by atoms with Crippen molar-refractivity contribution in [1.29, 1.82) is 0 Å². The van der Waals surface area contributed by atoms with Crippen LogP contribution in [0.15, 0.2) is 24.5 Å². The van der Waals surface area contributed by atoms with Crippen molar-refractivity contribution in [2.45, 2.75) is 20.0 Å². The Labute approximate surface area is 136 Å². The van der Waals surface area contributed by atoms with Gasteiger partial charge in [-0.2, -0.15) is 0 Å². The molecule has 1 aromatic carbocycles. The molecule has 1 amide bonds. The van der Waals surface area contributed by atoms with E-state index < -0.39 is 0 Å². The minimum Gasteiger partial charge on any atom is -0.374 e. The average Bonchev–Trinajstić information content (AvgIpc) is 3.00. The molecule has 0 saturated carbocycles. The molecular weight excluding hydrogens is 292 g/mol. The lowest BCUT2D eigenvalue weighted by Crippen LogP contribution is -2.48. The molecule has 3 rings (SSSR count). The number of H-pyrrole nitrogens is 1. The lowest BCUT2D eigenvalue weighted by atomic mass is 10.1. The van der Waals surface area contributed by atoms with Gasteiger partial charge in [-0.3, -0.25) is 9.69 Å². The van der Waals surface area contributed by atoms with Gasteiger partial charge in [0, 0.05) is 31.7 Å². The summed E-state index contributed by atoms with van der Waals surface area (Å²) in [7, 11) is 0. The Morgan fingerprint density at radius 1 is 1.52 bits per heavy atom. The van der Waals surface area contributed by atoms with E-state index in [1.54, 1.807) is 12.4 Å². The topological polar surface area (TPSA) is 70.2 Å². The number of hydrogen-bond acceptors (Lipinski definition) is 4. The Kier molecular flexibility index (Phi) is 4.93. The summed E-state index contributed by atoms with van der Waals surface area (Å²) in [6.45, 7) is 8.62. The maximum Gasteiger partial charge on any atom is 0.251 e. The molecule has 1 aliphatic rings. The second-order valence-corrected chi connectivity index (χ2v) is 6.49. The van der Waals surface area contributed by atoms with Gasteiger partial charge in [-0.25, -0.2) is 4.98 Å². The summed E-state index contributed by atoms with van der Waals surface area (Å²) >= 11 is 0. The third kappa shape index (κ3) is 4.09. The van der Waals surface area contributed by atoms with Crippen molar-refractivity contribution in [3.05, 3.63) is 30.1 Å². The first-order valence-electron chi connectivity index (χ1n) is 8.17. The monoisotopic (exact) mass is 316 g/mol. The molecule has 1 aromatic heterocycles. The summed E-state index contributed by atoms with van der Waals surface area (Å²) < 4.78 is 5.76. The molecule has 1 aliphatic heterocycles. The zero-order chi connectivity index (χ0) is 16.2. The van der Waals surface area contributed by atoms with Gasteiger partial charge in [-0.1, -0.05) is 13.8 Å². The highest BCUT2D eigenvalue weighted by Crippen LogP contribution is 2.12. The molecule has 6 nitrogen and oxygen atoms in total. The molecule has 6 heteroatoms. The number of nitrogens with one attached hydrogen (secondary N) is 2. The molecule has 0 radical (unpaired) electrons. The van der Waals surface area contributed by atoms with E-state index in [4.69, 9.17) is 4.74 Å². The van der Waals surface area contributed by atoms with Gasteiger partial charge < -0.3 is 15.0 Å². The number of morpholine rings is 1. The van der Waals surface area contributed by atoms with Gasteiger partial charge in [0.2, 0.25) is 0 Å². The molecule has 0 bridgehead atoms. The maximum atomic E-state index is 12.3. The zero-order valence-electron chi connectivity index (χ0n) is 13.7. The number of hydrogen-bond donors (Lipinski definition) is 2. The van der Waals surface area contributed by atoms with E-state index in [2.05, 4.69) is 34.0 Å². The molecule has 1 atom stereocenters. The number of amides is 1. The lowest BCUT2D eigenvalue weighted by molar-refractivity contribution is -0.0295. The van der Waals surface area contributed by atoms with E-state index in [1.165, 1.54) is 0 Å². The molecule has 1 unspecified atom stereocenters. The molecular formula is C17H24N4O2. The Balaban J connectivity index is 1.53. The van der Waals surface area contributed by atoms with Crippen LogP contribution in [0.25, 0.3) is 11.0 Å². The second kappa shape index (κ2) is 7.10. The largest absolute Gasteiger partial charge is 0.374 e. The van der Waals surface area contributed by atoms with Gasteiger partial charge in [0.25, 0.3) is 5.91 Å². The van der Waals surface area contributed by atoms with Gasteiger partial charge in [0.15, 0.2) is 0 Å². The Hall–Kier alpha value is -1.92. The quantitative estimate of drug-likeness (QED) is 0.880. The van der Waals surface area contributed by atoms with E-state index in [9.17, 15) is 4.79 Å². The van der Waals surface area contributed by atoms with Crippen molar-refractivity contribution in [3.63, 3.8) is 0 Å². The first kappa shape index (κ1) is 16.0. The van der Waals surface area contributed by atoms with Crippen LogP contribution in [-0.2, 0) is 4.74 Å². The summed E-state index contributed by atoms with van der Waals surface area (Å²) in [5.41, 5.74) is 2.37. The molecule has 2 N–H and O–H groups in total. The molecule has 2 aromatic rings. The Morgan fingerprint density at radius 2 is 2.39 bits per heavy atom. The van der Waals surface area contributed by atoms with Crippen LogP contribution in [0, 0.1) is 5.92 Å². The standard InChI is InChI=1S/C17H24N4O2/c1-12(2)9-21-5-6-23-14(10-21)8-18-17(22)13-3-4-15-16(7-13)20-11-19-15/h3-4,7,11-12,14H,5-6,8-10H2,1-2H3,(H,18,22)(H,19,20). The summed E-state index contributed by atoms with van der Waals surface area (Å²) in [6, 6.07) is 5.47. The van der Waals surface area contributed by atoms with Crippen molar-refractivity contribution in [1.82, 2.24) is 20.2 Å². The number of carbonyl (C=O) groups is 1. The maximum absolute atomic E-state index is 12.3. The van der Waals surface area contributed by atoms with Crippen LogP contribution < -0.4 is 5.32 Å². The van der Waals surface area contributed by atoms with Gasteiger partial charge in [-0.15, -0.1) is 0 Å². The molecule has 1 saturated heterocycles. The van der Waals surface area contributed by atoms with Crippen molar-refractivity contribution < 1.29 is 9.53 Å². The first-order chi connectivity index (χ1) is 11.1. The highest BCUT2D eigenvalue weighted by Gasteiger charge is 2.21. The number of rotatable bonds is 5. The van der Waals surface area contributed by atoms with Crippen LogP contribution >= 0.6 is 0 Å². The first-order valence-corrected chi connectivity index (χ1v) is 8.17. The zero-order valence-corrected chi connectivity index (χ0v) is 13.7. The van der Waals surface area contributed by atoms with Crippen LogP contribution in [0.3, 0.4) is 0 Å². The lowest BCUT2D eigenvalue weighted by Gasteiger charge is -2.33. The normalized spacial score (nSPS) is 19.3. The number of ether oxygens (including phenoxy) is 1. The summed E-state index contributed by atoms with van der Waals surface area (Å²) in [6.07, 6.45) is 1.69.